The summed E-state index contributed by atoms with van der Waals surface area (Å²) in [6.07, 6.45) is 1.72. The minimum atomic E-state index is -0.422. The van der Waals surface area contributed by atoms with E-state index in [0.717, 1.165) is 39.3 Å². The number of carbonyl (C=O) groups excluding carboxylic acids is 1. The third kappa shape index (κ3) is 3.95. The van der Waals surface area contributed by atoms with Gasteiger partial charge in [-0.2, -0.15) is 0 Å². The number of nitrogens with one attached hydrogen (secondary N) is 2. The van der Waals surface area contributed by atoms with E-state index in [0.29, 0.717) is 23.3 Å². The van der Waals surface area contributed by atoms with Crippen molar-refractivity contribution in [3.05, 3.63) is 59.8 Å². The normalized spacial score (nSPS) is 23.5. The number of aromatic nitrogens is 1. The predicted octanol–water partition coefficient (Wildman–Crippen LogP) is 0.768. The first kappa shape index (κ1) is 17.9. The zero-order chi connectivity index (χ0) is 18.6. The van der Waals surface area contributed by atoms with Crippen LogP contribution in [0.3, 0.4) is 0 Å². The van der Waals surface area contributed by atoms with E-state index in [1.807, 2.05) is 0 Å². The minimum Gasteiger partial charge on any atom is -0.365 e. The molecule has 4 N–H and O–H groups in total. The first-order chi connectivity index (χ1) is 13.2. The molecule has 2 fully saturated rings. The topological polar surface area (TPSA) is 86.5 Å². The summed E-state index contributed by atoms with van der Waals surface area (Å²) in [5.74, 6) is 0.806. The van der Waals surface area contributed by atoms with Crippen LogP contribution in [0.4, 0.5) is 5.82 Å². The van der Waals surface area contributed by atoms with Crippen LogP contribution in [0.5, 0.6) is 0 Å². The number of rotatable bonds is 5. The molecule has 1 amide bonds. The Hall–Kier alpha value is -2.48. The molecule has 7 nitrogen and oxygen atoms in total. The van der Waals surface area contributed by atoms with E-state index >= 15 is 0 Å². The van der Waals surface area contributed by atoms with Crippen LogP contribution in [0.1, 0.15) is 22.0 Å². The number of hydrazine groups is 1. The molecule has 1 aromatic heterocycles. The number of anilines is 1. The quantitative estimate of drug-likeness (QED) is 0.725. The van der Waals surface area contributed by atoms with Crippen molar-refractivity contribution in [2.45, 2.75) is 6.04 Å². The first-order valence-electron chi connectivity index (χ1n) is 9.48. The van der Waals surface area contributed by atoms with Gasteiger partial charge in [-0.05, 0) is 17.7 Å². The summed E-state index contributed by atoms with van der Waals surface area (Å²) < 4.78 is 0. The predicted molar refractivity (Wildman–Crippen MR) is 105 cm³/mol. The van der Waals surface area contributed by atoms with Crippen LogP contribution in [-0.2, 0) is 0 Å². The Morgan fingerprint density at radius 2 is 1.89 bits per heavy atom. The van der Waals surface area contributed by atoms with Gasteiger partial charge in [-0.25, -0.2) is 10.4 Å². The number of hydrogen-bond acceptors (Lipinski definition) is 6. The van der Waals surface area contributed by atoms with Crippen molar-refractivity contribution in [1.82, 2.24) is 20.7 Å². The third-order valence-corrected chi connectivity index (χ3v) is 5.47. The van der Waals surface area contributed by atoms with Gasteiger partial charge >= 0.3 is 0 Å². The molecule has 2 atom stereocenters. The molecule has 0 aliphatic carbocycles. The Morgan fingerprint density at radius 3 is 2.63 bits per heavy atom. The zero-order valence-electron chi connectivity index (χ0n) is 15.3. The molecule has 0 bridgehead atoms. The Labute approximate surface area is 159 Å². The number of nitrogens with zero attached hydrogens (tertiary/aromatic N) is 3. The van der Waals surface area contributed by atoms with Crippen LogP contribution >= 0.6 is 0 Å². The van der Waals surface area contributed by atoms with Gasteiger partial charge < -0.3 is 10.6 Å². The lowest BCUT2D eigenvalue weighted by Gasteiger charge is -2.37. The van der Waals surface area contributed by atoms with Crippen molar-refractivity contribution in [3.63, 3.8) is 0 Å². The third-order valence-electron chi connectivity index (χ3n) is 5.47. The number of nitrogens with two attached hydrogens (primary N) is 1. The largest absolute Gasteiger partial charge is 0.365 e. The Balaban J connectivity index is 1.37. The molecule has 2 unspecified atom stereocenters. The molecular weight excluding hydrogens is 340 g/mol. The number of amides is 1. The van der Waals surface area contributed by atoms with Gasteiger partial charge in [-0.1, -0.05) is 30.3 Å². The second kappa shape index (κ2) is 8.04. The van der Waals surface area contributed by atoms with Gasteiger partial charge in [0, 0.05) is 51.4 Å². The number of piperazine rings is 1. The van der Waals surface area contributed by atoms with E-state index in [9.17, 15) is 4.79 Å². The molecule has 4 rings (SSSR count). The second-order valence-corrected chi connectivity index (χ2v) is 7.20. The molecule has 0 spiro atoms. The maximum absolute atomic E-state index is 11.7. The van der Waals surface area contributed by atoms with Crippen LogP contribution in [0.2, 0.25) is 0 Å². The standard InChI is InChI=1S/C20H26N6O/c21-19(27)17-7-4-8-22-20(17)26-11-9-25(10-12-26)14-16-13-23-24-18(16)15-5-2-1-3-6-15/h1-8,16,18,23-24H,9-14H2,(H2,21,27). The summed E-state index contributed by atoms with van der Waals surface area (Å²) >= 11 is 0. The molecule has 2 aromatic rings. The van der Waals surface area contributed by atoms with Gasteiger partial charge in [-0.15, -0.1) is 0 Å². The highest BCUT2D eigenvalue weighted by atomic mass is 16.1. The molecule has 27 heavy (non-hydrogen) atoms. The van der Waals surface area contributed by atoms with E-state index in [2.05, 4.69) is 56.0 Å². The molecule has 0 radical (unpaired) electrons. The highest BCUT2D eigenvalue weighted by Crippen LogP contribution is 2.26. The maximum Gasteiger partial charge on any atom is 0.252 e. The maximum atomic E-state index is 11.7. The van der Waals surface area contributed by atoms with Crippen LogP contribution in [0.25, 0.3) is 0 Å². The van der Waals surface area contributed by atoms with Crippen molar-refractivity contribution in [2.75, 3.05) is 44.2 Å². The highest BCUT2D eigenvalue weighted by molar-refractivity contribution is 5.97. The van der Waals surface area contributed by atoms with Crippen molar-refractivity contribution in [2.24, 2.45) is 11.7 Å². The lowest BCUT2D eigenvalue weighted by Crippen LogP contribution is -2.49. The summed E-state index contributed by atoms with van der Waals surface area (Å²) in [6, 6.07) is 14.4. The van der Waals surface area contributed by atoms with Crippen LogP contribution < -0.4 is 21.5 Å². The summed E-state index contributed by atoms with van der Waals surface area (Å²) in [6.45, 7) is 5.60. The van der Waals surface area contributed by atoms with E-state index in [-0.39, 0.29) is 0 Å². The number of benzene rings is 1. The van der Waals surface area contributed by atoms with Gasteiger partial charge in [0.15, 0.2) is 0 Å². The van der Waals surface area contributed by atoms with Gasteiger partial charge in [0.25, 0.3) is 5.91 Å². The summed E-state index contributed by atoms with van der Waals surface area (Å²) in [4.78, 5) is 20.7. The number of carbonyl (C=O) groups is 1. The number of pyridine rings is 1. The van der Waals surface area contributed by atoms with E-state index in [1.54, 1.807) is 18.3 Å². The van der Waals surface area contributed by atoms with Crippen molar-refractivity contribution in [1.29, 1.82) is 0 Å². The molecule has 2 aliphatic rings. The fourth-order valence-corrected chi connectivity index (χ4v) is 4.04. The molecule has 142 valence electrons. The van der Waals surface area contributed by atoms with Crippen LogP contribution in [-0.4, -0.2) is 55.1 Å². The van der Waals surface area contributed by atoms with Crippen molar-refractivity contribution in [3.8, 4) is 0 Å². The SMILES string of the molecule is NC(=O)c1cccnc1N1CCN(CC2CNNC2c2ccccc2)CC1. The van der Waals surface area contributed by atoms with E-state index in [4.69, 9.17) is 5.73 Å². The van der Waals surface area contributed by atoms with E-state index < -0.39 is 5.91 Å². The summed E-state index contributed by atoms with van der Waals surface area (Å²) in [5.41, 5.74) is 14.1. The minimum absolute atomic E-state index is 0.335. The number of primary amides is 1. The lowest BCUT2D eigenvalue weighted by molar-refractivity contribution is 0.1000. The lowest BCUT2D eigenvalue weighted by atomic mass is 9.94. The Kier molecular flexibility index (Phi) is 5.33. The second-order valence-electron chi connectivity index (χ2n) is 7.20. The molecule has 2 saturated heterocycles. The van der Waals surface area contributed by atoms with Crippen molar-refractivity contribution >= 4 is 11.7 Å². The first-order valence-corrected chi connectivity index (χ1v) is 9.48. The molecule has 1 aromatic carbocycles. The molecule has 3 heterocycles. The van der Waals surface area contributed by atoms with Gasteiger partial charge in [0.1, 0.15) is 5.82 Å². The Morgan fingerprint density at radius 1 is 1.11 bits per heavy atom. The van der Waals surface area contributed by atoms with E-state index in [1.165, 1.54) is 5.56 Å². The summed E-state index contributed by atoms with van der Waals surface area (Å²) in [5, 5.41) is 0. The fraction of sp³-hybridized carbons (Fsp3) is 0.400. The van der Waals surface area contributed by atoms with Crippen LogP contribution in [0, 0.1) is 5.92 Å². The zero-order valence-corrected chi connectivity index (χ0v) is 15.3. The monoisotopic (exact) mass is 366 g/mol. The molecular formula is C20H26N6O. The Bertz CT molecular complexity index is 775. The van der Waals surface area contributed by atoms with Crippen molar-refractivity contribution < 1.29 is 4.79 Å². The average Bonchev–Trinajstić information content (AvgIpc) is 3.17. The average molecular weight is 366 g/mol. The van der Waals surface area contributed by atoms with Crippen LogP contribution in [0.15, 0.2) is 48.7 Å². The smallest absolute Gasteiger partial charge is 0.252 e. The fourth-order valence-electron chi connectivity index (χ4n) is 4.04. The molecule has 2 aliphatic heterocycles. The highest BCUT2D eigenvalue weighted by Gasteiger charge is 2.31. The molecule has 0 saturated carbocycles. The van der Waals surface area contributed by atoms with Gasteiger partial charge in [0.2, 0.25) is 0 Å². The summed E-state index contributed by atoms with van der Waals surface area (Å²) in [7, 11) is 0. The molecule has 7 heteroatoms. The van der Waals surface area contributed by atoms with Gasteiger partial charge in [-0.3, -0.25) is 15.1 Å². The number of hydrogen-bond donors (Lipinski definition) is 3. The van der Waals surface area contributed by atoms with Gasteiger partial charge in [0.05, 0.1) is 11.6 Å².